The molecule has 0 aliphatic carbocycles. The molecule has 1 aromatic heterocycles. The van der Waals surface area contributed by atoms with Crippen LogP contribution in [0.2, 0.25) is 0 Å². The molecule has 0 radical (unpaired) electrons. The highest BCUT2D eigenvalue weighted by atomic mass is 32.1. The first-order valence-corrected chi connectivity index (χ1v) is 8.04. The second-order valence-electron chi connectivity index (χ2n) is 4.83. The molecule has 2 N–H and O–H groups in total. The van der Waals surface area contributed by atoms with Crippen LogP contribution in [-0.2, 0) is 13.1 Å². The van der Waals surface area contributed by atoms with E-state index in [9.17, 15) is 0 Å². The highest BCUT2D eigenvalue weighted by Crippen LogP contribution is 2.27. The summed E-state index contributed by atoms with van der Waals surface area (Å²) >= 11 is 1.68. The lowest BCUT2D eigenvalue weighted by Crippen LogP contribution is -2.36. The summed E-state index contributed by atoms with van der Waals surface area (Å²) in [6, 6.07) is 5.83. The molecule has 0 bridgehead atoms. The number of hydrogen-bond acceptors (Lipinski definition) is 5. The molecule has 0 atom stereocenters. The Balaban J connectivity index is 1.90. The summed E-state index contributed by atoms with van der Waals surface area (Å²) < 4.78 is 10.6. The molecule has 1 aromatic carbocycles. The van der Waals surface area contributed by atoms with Gasteiger partial charge in [0.15, 0.2) is 17.5 Å². The lowest BCUT2D eigenvalue weighted by molar-refractivity contribution is 0.354. The summed E-state index contributed by atoms with van der Waals surface area (Å²) in [5.74, 6) is 2.17. The number of rotatable bonds is 6. The van der Waals surface area contributed by atoms with E-state index in [1.54, 1.807) is 32.6 Å². The van der Waals surface area contributed by atoms with E-state index in [0.717, 1.165) is 22.3 Å². The standard InChI is InChI=1S/C16H22N4O2S/c1-11-8-18-15(23-11)10-20-16(17-2)19-9-12-5-6-13(21-3)14(7-12)22-4/h5-8H,9-10H2,1-4H3,(H2,17,19,20). The third kappa shape index (κ3) is 4.85. The Morgan fingerprint density at radius 1 is 1.17 bits per heavy atom. The molecule has 2 aromatic rings. The number of aliphatic imine (C=N–C) groups is 1. The van der Waals surface area contributed by atoms with Crippen LogP contribution in [0, 0.1) is 6.92 Å². The molecular formula is C16H22N4O2S. The van der Waals surface area contributed by atoms with E-state index in [2.05, 4.69) is 20.6 Å². The van der Waals surface area contributed by atoms with Crippen LogP contribution in [0.15, 0.2) is 29.4 Å². The van der Waals surface area contributed by atoms with Crippen molar-refractivity contribution < 1.29 is 9.47 Å². The van der Waals surface area contributed by atoms with Crippen LogP contribution in [-0.4, -0.2) is 32.2 Å². The largest absolute Gasteiger partial charge is 0.493 e. The van der Waals surface area contributed by atoms with Gasteiger partial charge >= 0.3 is 0 Å². The van der Waals surface area contributed by atoms with Crippen LogP contribution in [0.3, 0.4) is 0 Å². The Labute approximate surface area is 140 Å². The second kappa shape index (κ2) is 8.38. The molecule has 0 saturated carbocycles. The van der Waals surface area contributed by atoms with Gasteiger partial charge in [-0.3, -0.25) is 4.99 Å². The van der Waals surface area contributed by atoms with Gasteiger partial charge in [0.1, 0.15) is 5.01 Å². The maximum absolute atomic E-state index is 5.31. The predicted molar refractivity (Wildman–Crippen MR) is 93.4 cm³/mol. The van der Waals surface area contributed by atoms with Gasteiger partial charge < -0.3 is 20.1 Å². The van der Waals surface area contributed by atoms with E-state index in [4.69, 9.17) is 9.47 Å². The number of guanidine groups is 1. The van der Waals surface area contributed by atoms with Crippen molar-refractivity contribution >= 4 is 17.3 Å². The van der Waals surface area contributed by atoms with Crippen LogP contribution < -0.4 is 20.1 Å². The van der Waals surface area contributed by atoms with E-state index < -0.39 is 0 Å². The normalized spacial score (nSPS) is 11.2. The van der Waals surface area contributed by atoms with Gasteiger partial charge in [-0.15, -0.1) is 11.3 Å². The van der Waals surface area contributed by atoms with E-state index in [1.807, 2.05) is 31.3 Å². The van der Waals surface area contributed by atoms with Crippen molar-refractivity contribution in [3.63, 3.8) is 0 Å². The van der Waals surface area contributed by atoms with E-state index in [0.29, 0.717) is 18.8 Å². The Kier molecular flexibility index (Phi) is 6.22. The number of methoxy groups -OCH3 is 2. The number of aromatic nitrogens is 1. The molecule has 0 unspecified atom stereocenters. The summed E-state index contributed by atoms with van der Waals surface area (Å²) in [5, 5.41) is 7.56. The first-order valence-electron chi connectivity index (χ1n) is 7.23. The van der Waals surface area contributed by atoms with Gasteiger partial charge in [0.25, 0.3) is 0 Å². The van der Waals surface area contributed by atoms with Crippen molar-refractivity contribution in [1.29, 1.82) is 0 Å². The zero-order valence-electron chi connectivity index (χ0n) is 13.8. The molecule has 23 heavy (non-hydrogen) atoms. The third-order valence-electron chi connectivity index (χ3n) is 3.21. The van der Waals surface area contributed by atoms with Crippen LogP contribution in [0.4, 0.5) is 0 Å². The Morgan fingerprint density at radius 2 is 1.91 bits per heavy atom. The summed E-state index contributed by atoms with van der Waals surface area (Å²) in [6.07, 6.45) is 1.88. The topological polar surface area (TPSA) is 67.8 Å². The Bertz CT molecular complexity index is 670. The number of nitrogens with zero attached hydrogens (tertiary/aromatic N) is 2. The smallest absolute Gasteiger partial charge is 0.191 e. The van der Waals surface area contributed by atoms with Gasteiger partial charge in [0.05, 0.1) is 20.8 Å². The summed E-state index contributed by atoms with van der Waals surface area (Å²) in [6.45, 7) is 3.34. The second-order valence-corrected chi connectivity index (χ2v) is 6.15. The highest BCUT2D eigenvalue weighted by molar-refractivity contribution is 7.11. The molecule has 0 saturated heterocycles. The number of hydrogen-bond donors (Lipinski definition) is 2. The average molecular weight is 334 g/mol. The average Bonchev–Trinajstić information content (AvgIpc) is 3.00. The summed E-state index contributed by atoms with van der Waals surface area (Å²) in [7, 11) is 5.00. The highest BCUT2D eigenvalue weighted by Gasteiger charge is 2.06. The third-order valence-corrected chi connectivity index (χ3v) is 4.12. The number of ether oxygens (including phenoxy) is 2. The Morgan fingerprint density at radius 3 is 2.52 bits per heavy atom. The first kappa shape index (κ1) is 17.1. The SMILES string of the molecule is CN=C(NCc1ccc(OC)c(OC)c1)NCc1ncc(C)s1. The van der Waals surface area contributed by atoms with Crippen molar-refractivity contribution in [2.45, 2.75) is 20.0 Å². The van der Waals surface area contributed by atoms with Gasteiger partial charge in [-0.05, 0) is 24.6 Å². The zero-order chi connectivity index (χ0) is 16.7. The molecule has 7 heteroatoms. The van der Waals surface area contributed by atoms with E-state index >= 15 is 0 Å². The van der Waals surface area contributed by atoms with Crippen LogP contribution in [0.1, 0.15) is 15.4 Å². The summed E-state index contributed by atoms with van der Waals surface area (Å²) in [4.78, 5) is 9.75. The minimum atomic E-state index is 0.636. The van der Waals surface area contributed by atoms with Crippen LogP contribution in [0.25, 0.3) is 0 Å². The van der Waals surface area contributed by atoms with Crippen molar-refractivity contribution in [2.24, 2.45) is 4.99 Å². The Hall–Kier alpha value is -2.28. The quantitative estimate of drug-likeness (QED) is 0.627. The molecule has 0 aliphatic heterocycles. The number of benzene rings is 1. The molecule has 0 amide bonds. The van der Waals surface area contributed by atoms with Gasteiger partial charge in [0, 0.05) is 24.7 Å². The first-order chi connectivity index (χ1) is 11.2. The van der Waals surface area contributed by atoms with Crippen LogP contribution >= 0.6 is 11.3 Å². The van der Waals surface area contributed by atoms with Crippen molar-refractivity contribution in [3.8, 4) is 11.5 Å². The maximum Gasteiger partial charge on any atom is 0.191 e. The fourth-order valence-corrected chi connectivity index (χ4v) is 2.77. The van der Waals surface area contributed by atoms with E-state index in [-0.39, 0.29) is 0 Å². The number of nitrogens with one attached hydrogen (secondary N) is 2. The van der Waals surface area contributed by atoms with Crippen molar-refractivity contribution in [1.82, 2.24) is 15.6 Å². The molecule has 0 fully saturated rings. The number of aryl methyl sites for hydroxylation is 1. The molecular weight excluding hydrogens is 312 g/mol. The molecule has 6 nitrogen and oxygen atoms in total. The maximum atomic E-state index is 5.31. The van der Waals surface area contributed by atoms with Gasteiger partial charge in [-0.2, -0.15) is 0 Å². The van der Waals surface area contributed by atoms with Crippen molar-refractivity contribution in [2.75, 3.05) is 21.3 Å². The minimum Gasteiger partial charge on any atom is -0.493 e. The fraction of sp³-hybridized carbons (Fsp3) is 0.375. The monoisotopic (exact) mass is 334 g/mol. The van der Waals surface area contributed by atoms with Gasteiger partial charge in [0.2, 0.25) is 0 Å². The lowest BCUT2D eigenvalue weighted by atomic mass is 10.2. The zero-order valence-corrected chi connectivity index (χ0v) is 14.7. The molecule has 124 valence electrons. The minimum absolute atomic E-state index is 0.636. The van der Waals surface area contributed by atoms with Crippen molar-refractivity contribution in [3.05, 3.63) is 39.8 Å². The molecule has 1 heterocycles. The van der Waals surface area contributed by atoms with Crippen LogP contribution in [0.5, 0.6) is 11.5 Å². The van der Waals surface area contributed by atoms with E-state index in [1.165, 1.54) is 4.88 Å². The molecule has 2 rings (SSSR count). The predicted octanol–water partition coefficient (Wildman–Crippen LogP) is 2.33. The molecule has 0 spiro atoms. The number of thiazole rings is 1. The van der Waals surface area contributed by atoms with Gasteiger partial charge in [-0.1, -0.05) is 6.07 Å². The molecule has 0 aliphatic rings. The lowest BCUT2D eigenvalue weighted by Gasteiger charge is -2.13. The summed E-state index contributed by atoms with van der Waals surface area (Å²) in [5.41, 5.74) is 1.08. The fourth-order valence-electron chi connectivity index (χ4n) is 2.04. The van der Waals surface area contributed by atoms with Gasteiger partial charge in [-0.25, -0.2) is 4.98 Å².